The Bertz CT molecular complexity index is 1350. The number of carboxylic acid groups (broad SMARTS) is 1. The third-order valence-corrected chi connectivity index (χ3v) is 7.98. The van der Waals surface area contributed by atoms with Crippen molar-refractivity contribution in [3.63, 3.8) is 0 Å². The van der Waals surface area contributed by atoms with Gasteiger partial charge in [0.25, 0.3) is 0 Å². The van der Waals surface area contributed by atoms with E-state index in [4.69, 9.17) is 50.5 Å². The normalized spacial score (nSPS) is 21.9. The zero-order chi connectivity index (χ0) is 27.0. The van der Waals surface area contributed by atoms with E-state index in [0.717, 1.165) is 12.8 Å². The molecule has 1 saturated heterocycles. The number of amides is 2. The lowest BCUT2D eigenvalue weighted by Gasteiger charge is -2.31. The highest BCUT2D eigenvalue weighted by molar-refractivity contribution is 6.41. The summed E-state index contributed by atoms with van der Waals surface area (Å²) >= 11 is 19.0. The number of benzene rings is 1. The second kappa shape index (κ2) is 11.0. The molecule has 3 aromatic rings. The Morgan fingerprint density at radius 1 is 1.05 bits per heavy atom. The highest BCUT2D eigenvalue weighted by Gasteiger charge is 2.30. The van der Waals surface area contributed by atoms with Crippen molar-refractivity contribution in [2.75, 3.05) is 23.7 Å². The molecule has 202 valence electrons. The summed E-state index contributed by atoms with van der Waals surface area (Å²) in [5.74, 6) is 0.423. The molecule has 0 bridgehead atoms. The van der Waals surface area contributed by atoms with E-state index in [0.29, 0.717) is 82.6 Å². The van der Waals surface area contributed by atoms with Gasteiger partial charge in [0.2, 0.25) is 17.8 Å². The molecule has 5 N–H and O–H groups in total. The number of anilines is 3. The van der Waals surface area contributed by atoms with Gasteiger partial charge in [-0.1, -0.05) is 34.8 Å². The Kier molecular flexibility index (Phi) is 7.69. The van der Waals surface area contributed by atoms with Crippen LogP contribution in [0.15, 0.2) is 18.3 Å². The van der Waals surface area contributed by atoms with Crippen molar-refractivity contribution in [3.05, 3.63) is 33.4 Å². The molecule has 1 saturated carbocycles. The van der Waals surface area contributed by atoms with E-state index >= 15 is 0 Å². The first-order chi connectivity index (χ1) is 18.2. The second-order valence-corrected chi connectivity index (χ2v) is 10.9. The summed E-state index contributed by atoms with van der Waals surface area (Å²) in [5, 5.41) is 17.0. The zero-order valence-electron chi connectivity index (χ0n) is 20.3. The summed E-state index contributed by atoms with van der Waals surface area (Å²) in [4.78, 5) is 38.5. The number of carbonyl (C=O) groups is 2. The largest absolute Gasteiger partial charge is 0.465 e. The average Bonchev–Trinajstić information content (AvgIpc) is 3.23. The first kappa shape index (κ1) is 26.6. The number of likely N-dealkylation sites (tertiary alicyclic amines) is 1. The van der Waals surface area contributed by atoms with Gasteiger partial charge in [0.1, 0.15) is 5.52 Å². The number of primary amides is 1. The molecule has 0 radical (unpaired) electrons. The Morgan fingerprint density at radius 3 is 2.42 bits per heavy atom. The molecule has 5 rings (SSSR count). The fourth-order valence-electron chi connectivity index (χ4n) is 5.24. The van der Waals surface area contributed by atoms with Gasteiger partial charge in [-0.2, -0.15) is 4.98 Å². The molecule has 14 heteroatoms. The minimum absolute atomic E-state index is 0.0112. The van der Waals surface area contributed by atoms with E-state index in [1.54, 1.807) is 18.3 Å². The van der Waals surface area contributed by atoms with E-state index in [1.807, 2.05) is 4.57 Å². The summed E-state index contributed by atoms with van der Waals surface area (Å²) in [6.45, 7) is 0.868. The lowest BCUT2D eigenvalue weighted by molar-refractivity contribution is -0.122. The summed E-state index contributed by atoms with van der Waals surface area (Å²) in [5.41, 5.74) is 7.18. The van der Waals surface area contributed by atoms with Gasteiger partial charge in [0.15, 0.2) is 5.65 Å². The number of piperidine rings is 1. The van der Waals surface area contributed by atoms with Gasteiger partial charge >= 0.3 is 6.09 Å². The topological polar surface area (TPSA) is 151 Å². The molecule has 1 unspecified atom stereocenters. The standard InChI is InChI=1S/C24H27Cl3N8O3/c25-13-8-16(26)19(17(27)9-13)32-23-31-18-10-29-22(30-14-2-1-7-34(11-14)24(37)38)33-21(18)35(23)15-5-3-12(4-6-15)20(28)36/h8-10,12,14-15H,1-7,11H2,(H2,28,36)(H,31,32)(H,37,38)(H,29,30,33)/t12-,14?,15+. The van der Waals surface area contributed by atoms with Crippen molar-refractivity contribution in [3.8, 4) is 0 Å². The van der Waals surface area contributed by atoms with Crippen LogP contribution >= 0.6 is 34.8 Å². The molecular weight excluding hydrogens is 555 g/mol. The van der Waals surface area contributed by atoms with Crippen LogP contribution in [0, 0.1) is 5.92 Å². The molecule has 2 aliphatic rings. The van der Waals surface area contributed by atoms with Crippen molar-refractivity contribution in [1.29, 1.82) is 0 Å². The molecule has 11 nitrogen and oxygen atoms in total. The van der Waals surface area contributed by atoms with Crippen molar-refractivity contribution in [2.24, 2.45) is 11.7 Å². The highest BCUT2D eigenvalue weighted by Crippen LogP contribution is 2.40. The average molecular weight is 582 g/mol. The highest BCUT2D eigenvalue weighted by atomic mass is 35.5. The SMILES string of the molecule is NC(=O)[C@H]1CC[C@@H](n2c(Nc3c(Cl)cc(Cl)cc3Cl)nc3cnc(NC4CCCN(C(=O)O)C4)nc32)CC1. The lowest BCUT2D eigenvalue weighted by Crippen LogP contribution is -2.44. The Morgan fingerprint density at radius 2 is 1.76 bits per heavy atom. The molecule has 0 spiro atoms. The van der Waals surface area contributed by atoms with Crippen LogP contribution < -0.4 is 16.4 Å². The van der Waals surface area contributed by atoms with Crippen LogP contribution in [-0.2, 0) is 4.79 Å². The maximum atomic E-state index is 11.8. The molecule has 2 fully saturated rings. The maximum Gasteiger partial charge on any atom is 0.407 e. The van der Waals surface area contributed by atoms with Crippen molar-refractivity contribution in [1.82, 2.24) is 24.4 Å². The lowest BCUT2D eigenvalue weighted by atomic mass is 9.85. The van der Waals surface area contributed by atoms with Gasteiger partial charge in [-0.25, -0.2) is 14.8 Å². The van der Waals surface area contributed by atoms with E-state index in [1.165, 1.54) is 4.90 Å². The Hall–Kier alpha value is -3.02. The number of nitrogens with two attached hydrogens (primary N) is 1. The third-order valence-electron chi connectivity index (χ3n) is 7.17. The molecule has 38 heavy (non-hydrogen) atoms. The van der Waals surface area contributed by atoms with E-state index in [2.05, 4.69) is 15.6 Å². The number of carbonyl (C=O) groups excluding carboxylic acids is 1. The number of hydrogen-bond donors (Lipinski definition) is 4. The first-order valence-electron chi connectivity index (χ1n) is 12.4. The minimum atomic E-state index is -0.937. The van der Waals surface area contributed by atoms with E-state index in [-0.39, 0.29) is 23.9 Å². The van der Waals surface area contributed by atoms with Gasteiger partial charge in [-0.05, 0) is 50.7 Å². The van der Waals surface area contributed by atoms with Gasteiger partial charge in [-0.15, -0.1) is 0 Å². The predicted octanol–water partition coefficient (Wildman–Crippen LogP) is 5.30. The van der Waals surface area contributed by atoms with Crippen LogP contribution in [0.4, 0.5) is 22.4 Å². The zero-order valence-corrected chi connectivity index (χ0v) is 22.6. The predicted molar refractivity (Wildman–Crippen MR) is 147 cm³/mol. The van der Waals surface area contributed by atoms with Gasteiger partial charge in [-0.3, -0.25) is 9.36 Å². The van der Waals surface area contributed by atoms with Gasteiger partial charge < -0.3 is 26.4 Å². The number of aromatic nitrogens is 4. The van der Waals surface area contributed by atoms with Gasteiger partial charge in [0, 0.05) is 36.1 Å². The quantitative estimate of drug-likeness (QED) is 0.306. The second-order valence-electron chi connectivity index (χ2n) is 9.70. The smallest absolute Gasteiger partial charge is 0.407 e. The number of halogens is 3. The molecule has 1 atom stereocenters. The molecule has 3 heterocycles. The van der Waals surface area contributed by atoms with Crippen LogP contribution in [0.5, 0.6) is 0 Å². The van der Waals surface area contributed by atoms with Crippen LogP contribution in [0.2, 0.25) is 15.1 Å². The number of fused-ring (bicyclic) bond motifs is 1. The molecule has 1 aromatic carbocycles. The van der Waals surface area contributed by atoms with Crippen molar-refractivity contribution < 1.29 is 14.7 Å². The fourth-order valence-corrected chi connectivity index (χ4v) is 6.15. The number of nitrogens with one attached hydrogen (secondary N) is 2. The number of hydrogen-bond acceptors (Lipinski definition) is 7. The summed E-state index contributed by atoms with van der Waals surface area (Å²) in [6, 6.07) is 3.07. The first-order valence-corrected chi connectivity index (χ1v) is 13.5. The van der Waals surface area contributed by atoms with Crippen LogP contribution in [-0.4, -0.2) is 60.7 Å². The summed E-state index contributed by atoms with van der Waals surface area (Å²) in [7, 11) is 0. The number of imidazole rings is 1. The minimum Gasteiger partial charge on any atom is -0.465 e. The Balaban J connectivity index is 1.50. The summed E-state index contributed by atoms with van der Waals surface area (Å²) in [6.07, 6.45) is 4.98. The van der Waals surface area contributed by atoms with E-state index in [9.17, 15) is 14.7 Å². The third kappa shape index (κ3) is 5.55. The number of nitrogens with zero attached hydrogens (tertiary/aromatic N) is 5. The van der Waals surface area contributed by atoms with Crippen molar-refractivity contribution in [2.45, 2.75) is 50.6 Å². The monoisotopic (exact) mass is 580 g/mol. The fraction of sp³-hybridized carbons (Fsp3) is 0.458. The molecule has 1 aliphatic heterocycles. The van der Waals surface area contributed by atoms with Crippen LogP contribution in [0.3, 0.4) is 0 Å². The molecular formula is C24H27Cl3N8O3. The van der Waals surface area contributed by atoms with Crippen molar-refractivity contribution >= 4 is 75.6 Å². The summed E-state index contributed by atoms with van der Waals surface area (Å²) < 4.78 is 1.99. The molecule has 2 aromatic heterocycles. The van der Waals surface area contributed by atoms with Gasteiger partial charge in [0.05, 0.1) is 21.9 Å². The van der Waals surface area contributed by atoms with Crippen LogP contribution in [0.1, 0.15) is 44.6 Å². The van der Waals surface area contributed by atoms with E-state index < -0.39 is 6.09 Å². The Labute approximate surface area is 233 Å². The van der Waals surface area contributed by atoms with Crippen LogP contribution in [0.25, 0.3) is 11.2 Å². The molecule has 1 aliphatic carbocycles. The number of rotatable bonds is 6. The maximum absolute atomic E-state index is 11.8. The molecule has 2 amide bonds.